The van der Waals surface area contributed by atoms with E-state index in [4.69, 9.17) is 5.11 Å². The predicted octanol–water partition coefficient (Wildman–Crippen LogP) is 0.501. The van der Waals surface area contributed by atoms with Crippen molar-refractivity contribution in [1.29, 1.82) is 0 Å². The highest BCUT2D eigenvalue weighted by Gasteiger charge is 2.25. The maximum atomic E-state index is 11.5. The van der Waals surface area contributed by atoms with Crippen LogP contribution in [0.5, 0.6) is 0 Å². The lowest BCUT2D eigenvalue weighted by atomic mass is 10.1. The third-order valence-electron chi connectivity index (χ3n) is 2.59. The summed E-state index contributed by atoms with van der Waals surface area (Å²) < 4.78 is 24.3. The van der Waals surface area contributed by atoms with Crippen molar-refractivity contribution < 1.29 is 13.5 Å². The zero-order chi connectivity index (χ0) is 11.1. The van der Waals surface area contributed by atoms with Gasteiger partial charge in [0.2, 0.25) is 10.0 Å². The number of hydrogen-bond acceptors (Lipinski definition) is 3. The molecule has 0 saturated heterocycles. The Kier molecular flexibility index (Phi) is 2.44. The first-order valence-electron chi connectivity index (χ1n) is 4.73. The Labute approximate surface area is 89.2 Å². The molecule has 1 aromatic carbocycles. The van der Waals surface area contributed by atoms with E-state index >= 15 is 0 Å². The van der Waals surface area contributed by atoms with Crippen molar-refractivity contribution in [2.45, 2.75) is 13.0 Å². The molecule has 0 unspecified atom stereocenters. The summed E-state index contributed by atoms with van der Waals surface area (Å²) in [6.07, 6.45) is 1.95. The van der Waals surface area contributed by atoms with Gasteiger partial charge in [0.25, 0.3) is 0 Å². The van der Waals surface area contributed by atoms with Gasteiger partial charge in [0, 0.05) is 6.54 Å². The summed E-state index contributed by atoms with van der Waals surface area (Å²) in [6.45, 7) is 0.438. The van der Waals surface area contributed by atoms with Gasteiger partial charge in [0.15, 0.2) is 0 Å². The molecule has 1 aliphatic rings. The van der Waals surface area contributed by atoms with Crippen molar-refractivity contribution in [1.82, 2.24) is 0 Å². The molecule has 4 nitrogen and oxygen atoms in total. The molecule has 1 heterocycles. The molecular formula is C10H13NO3S. The minimum Gasteiger partial charge on any atom is -0.392 e. The topological polar surface area (TPSA) is 57.6 Å². The number of nitrogens with zero attached hydrogens (tertiary/aromatic N) is 1. The minimum absolute atomic E-state index is 0.0646. The first-order chi connectivity index (χ1) is 7.02. The molecule has 5 heteroatoms. The van der Waals surface area contributed by atoms with Crippen LogP contribution in [0.15, 0.2) is 18.2 Å². The van der Waals surface area contributed by atoms with E-state index in [9.17, 15) is 8.42 Å². The van der Waals surface area contributed by atoms with Gasteiger partial charge in [-0.3, -0.25) is 4.31 Å². The molecule has 0 atom stereocenters. The van der Waals surface area contributed by atoms with Crippen molar-refractivity contribution in [3.63, 3.8) is 0 Å². The standard InChI is InChI=1S/C10H13NO3S/c1-15(13,14)11-5-4-9-3-2-8(7-12)6-10(9)11/h2-3,6,12H,4-5,7H2,1H3. The van der Waals surface area contributed by atoms with Crippen LogP contribution in [-0.4, -0.2) is 26.3 Å². The summed E-state index contributed by atoms with van der Waals surface area (Å²) >= 11 is 0. The Hall–Kier alpha value is -1.07. The van der Waals surface area contributed by atoms with Gasteiger partial charge in [-0.05, 0) is 23.6 Å². The summed E-state index contributed by atoms with van der Waals surface area (Å²) in [4.78, 5) is 0. The van der Waals surface area contributed by atoms with E-state index in [1.165, 1.54) is 10.6 Å². The van der Waals surface area contributed by atoms with Gasteiger partial charge < -0.3 is 5.11 Å². The summed E-state index contributed by atoms with van der Waals surface area (Å²) in [5.74, 6) is 0. The molecule has 0 spiro atoms. The van der Waals surface area contributed by atoms with E-state index < -0.39 is 10.0 Å². The first kappa shape index (κ1) is 10.4. The number of aliphatic hydroxyl groups excluding tert-OH is 1. The van der Waals surface area contributed by atoms with Crippen molar-refractivity contribution in [3.05, 3.63) is 29.3 Å². The highest BCUT2D eigenvalue weighted by atomic mass is 32.2. The number of hydrogen-bond donors (Lipinski definition) is 1. The van der Waals surface area contributed by atoms with Crippen LogP contribution in [0, 0.1) is 0 Å². The van der Waals surface area contributed by atoms with Crippen LogP contribution in [0.1, 0.15) is 11.1 Å². The molecule has 0 bridgehead atoms. The van der Waals surface area contributed by atoms with Crippen molar-refractivity contribution in [2.75, 3.05) is 17.1 Å². The molecular weight excluding hydrogens is 214 g/mol. The molecule has 1 aromatic rings. The highest BCUT2D eigenvalue weighted by Crippen LogP contribution is 2.30. The number of rotatable bonds is 2. The van der Waals surface area contributed by atoms with Gasteiger partial charge in [-0.15, -0.1) is 0 Å². The smallest absolute Gasteiger partial charge is 0.232 e. The second kappa shape index (κ2) is 3.50. The van der Waals surface area contributed by atoms with Crippen LogP contribution in [0.2, 0.25) is 0 Å². The third kappa shape index (κ3) is 1.85. The number of fused-ring (bicyclic) bond motifs is 1. The second-order valence-electron chi connectivity index (χ2n) is 3.71. The maximum absolute atomic E-state index is 11.5. The van der Waals surface area contributed by atoms with Crippen LogP contribution in [0.3, 0.4) is 0 Å². The van der Waals surface area contributed by atoms with Crippen molar-refractivity contribution >= 4 is 15.7 Å². The fourth-order valence-electron chi connectivity index (χ4n) is 1.84. The fraction of sp³-hybridized carbons (Fsp3) is 0.400. The summed E-state index contributed by atoms with van der Waals surface area (Å²) in [5.41, 5.74) is 2.48. The Balaban J connectivity index is 2.49. The van der Waals surface area contributed by atoms with Gasteiger partial charge in [-0.2, -0.15) is 0 Å². The van der Waals surface area contributed by atoms with E-state index in [1.54, 1.807) is 6.07 Å². The van der Waals surface area contributed by atoms with Gasteiger partial charge in [-0.1, -0.05) is 12.1 Å². The van der Waals surface area contributed by atoms with Crippen molar-refractivity contribution in [3.8, 4) is 0 Å². The summed E-state index contributed by atoms with van der Waals surface area (Å²) in [5, 5.41) is 8.99. The number of benzene rings is 1. The van der Waals surface area contributed by atoms with Gasteiger partial charge in [0.05, 0.1) is 18.6 Å². The van der Waals surface area contributed by atoms with Crippen LogP contribution in [-0.2, 0) is 23.1 Å². The minimum atomic E-state index is -3.19. The van der Waals surface area contributed by atoms with E-state index in [0.29, 0.717) is 12.2 Å². The van der Waals surface area contributed by atoms with Crippen molar-refractivity contribution in [2.24, 2.45) is 0 Å². The van der Waals surface area contributed by atoms with Crippen LogP contribution in [0.25, 0.3) is 0 Å². The van der Waals surface area contributed by atoms with Gasteiger partial charge in [-0.25, -0.2) is 8.42 Å². The predicted molar refractivity (Wildman–Crippen MR) is 58.3 cm³/mol. The lowest BCUT2D eigenvalue weighted by molar-refractivity contribution is 0.282. The Bertz CT molecular complexity index is 481. The second-order valence-corrected chi connectivity index (χ2v) is 5.61. The van der Waals surface area contributed by atoms with Crippen LogP contribution < -0.4 is 4.31 Å². The average Bonchev–Trinajstić information content (AvgIpc) is 2.59. The quantitative estimate of drug-likeness (QED) is 0.800. The van der Waals surface area contributed by atoms with Gasteiger partial charge in [0.1, 0.15) is 0 Å². The molecule has 0 aliphatic carbocycles. The third-order valence-corrected chi connectivity index (χ3v) is 3.77. The largest absolute Gasteiger partial charge is 0.392 e. The summed E-state index contributed by atoms with van der Waals surface area (Å²) in [7, 11) is -3.19. The molecule has 1 aliphatic heterocycles. The number of sulfonamides is 1. The molecule has 0 saturated carbocycles. The fourth-order valence-corrected chi connectivity index (χ4v) is 2.79. The normalized spacial score (nSPS) is 15.5. The zero-order valence-electron chi connectivity index (χ0n) is 8.47. The molecule has 0 amide bonds. The average molecular weight is 227 g/mol. The lowest BCUT2D eigenvalue weighted by Crippen LogP contribution is -2.27. The molecule has 0 fully saturated rings. The van der Waals surface area contributed by atoms with Gasteiger partial charge >= 0.3 is 0 Å². The number of aliphatic hydroxyl groups is 1. The van der Waals surface area contributed by atoms with Crippen LogP contribution in [0.4, 0.5) is 5.69 Å². The molecule has 2 rings (SSSR count). The number of anilines is 1. The lowest BCUT2D eigenvalue weighted by Gasteiger charge is -2.16. The molecule has 82 valence electrons. The highest BCUT2D eigenvalue weighted by molar-refractivity contribution is 7.92. The first-order valence-corrected chi connectivity index (χ1v) is 6.57. The monoisotopic (exact) mass is 227 g/mol. The summed E-state index contributed by atoms with van der Waals surface area (Å²) in [6, 6.07) is 5.44. The molecule has 15 heavy (non-hydrogen) atoms. The Morgan fingerprint density at radius 1 is 1.47 bits per heavy atom. The van der Waals surface area contributed by atoms with Crippen LogP contribution >= 0.6 is 0 Å². The Morgan fingerprint density at radius 2 is 2.20 bits per heavy atom. The maximum Gasteiger partial charge on any atom is 0.232 e. The molecule has 1 N–H and O–H groups in total. The Morgan fingerprint density at radius 3 is 2.80 bits per heavy atom. The molecule has 0 radical (unpaired) electrons. The van der Waals surface area contributed by atoms with E-state index in [0.717, 1.165) is 17.5 Å². The van der Waals surface area contributed by atoms with E-state index in [2.05, 4.69) is 0 Å². The SMILES string of the molecule is CS(=O)(=O)N1CCc2ccc(CO)cc21. The molecule has 0 aromatic heterocycles. The zero-order valence-corrected chi connectivity index (χ0v) is 9.29. The van der Waals surface area contributed by atoms with E-state index in [1.807, 2.05) is 12.1 Å². The van der Waals surface area contributed by atoms with E-state index in [-0.39, 0.29) is 6.61 Å².